The summed E-state index contributed by atoms with van der Waals surface area (Å²) in [7, 11) is -3.41. The summed E-state index contributed by atoms with van der Waals surface area (Å²) in [5, 5.41) is 8.85. The van der Waals surface area contributed by atoms with E-state index in [1.165, 1.54) is 11.3 Å². The van der Waals surface area contributed by atoms with E-state index >= 15 is 0 Å². The molecule has 0 amide bonds. The zero-order chi connectivity index (χ0) is 13.9. The average Bonchev–Trinajstić information content (AvgIpc) is 2.98. The van der Waals surface area contributed by atoms with Crippen LogP contribution >= 0.6 is 23.1 Å². The van der Waals surface area contributed by atoms with Crippen molar-refractivity contribution in [2.75, 3.05) is 18.9 Å². The highest BCUT2D eigenvalue weighted by Gasteiger charge is 2.31. The Balaban J connectivity index is 2.01. The van der Waals surface area contributed by atoms with Gasteiger partial charge in [-0.3, -0.25) is 0 Å². The van der Waals surface area contributed by atoms with E-state index in [9.17, 15) is 8.42 Å². The van der Waals surface area contributed by atoms with Crippen molar-refractivity contribution in [1.29, 1.82) is 0 Å². The predicted octanol–water partition coefficient (Wildman–Crippen LogP) is 1.85. The standard InChI is InChI=1S/C12H19NO3S3/c1-12(6-2-8-17-12)9-13-19(15,16)11-4-3-10(18-11)5-7-14/h3-4,13-14H,2,5-9H2,1H3. The van der Waals surface area contributed by atoms with E-state index in [0.717, 1.165) is 23.5 Å². The van der Waals surface area contributed by atoms with Gasteiger partial charge in [-0.15, -0.1) is 11.3 Å². The molecule has 1 aliphatic heterocycles. The zero-order valence-electron chi connectivity index (χ0n) is 10.9. The molecular weight excluding hydrogens is 302 g/mol. The molecule has 1 fully saturated rings. The quantitative estimate of drug-likeness (QED) is 0.839. The molecule has 7 heteroatoms. The second kappa shape index (κ2) is 6.13. The van der Waals surface area contributed by atoms with E-state index < -0.39 is 10.0 Å². The Morgan fingerprint density at radius 1 is 1.47 bits per heavy atom. The van der Waals surface area contributed by atoms with Crippen molar-refractivity contribution in [1.82, 2.24) is 4.72 Å². The van der Waals surface area contributed by atoms with E-state index in [2.05, 4.69) is 11.6 Å². The normalized spacial score (nSPS) is 23.9. The van der Waals surface area contributed by atoms with Gasteiger partial charge in [0.2, 0.25) is 10.0 Å². The molecule has 1 saturated heterocycles. The molecule has 0 bridgehead atoms. The topological polar surface area (TPSA) is 66.4 Å². The Labute approximate surface area is 122 Å². The molecule has 1 aliphatic rings. The van der Waals surface area contributed by atoms with Crippen molar-refractivity contribution in [3.05, 3.63) is 17.0 Å². The summed E-state index contributed by atoms with van der Waals surface area (Å²) in [6.45, 7) is 2.63. The smallest absolute Gasteiger partial charge is 0.250 e. The van der Waals surface area contributed by atoms with Crippen LogP contribution < -0.4 is 4.72 Å². The first kappa shape index (κ1) is 15.3. The molecule has 1 aromatic heterocycles. The van der Waals surface area contributed by atoms with E-state index in [1.54, 1.807) is 12.1 Å². The Hall–Kier alpha value is -0.0800. The highest BCUT2D eigenvalue weighted by atomic mass is 32.2. The van der Waals surface area contributed by atoms with Gasteiger partial charge in [-0.05, 0) is 37.7 Å². The summed E-state index contributed by atoms with van der Waals surface area (Å²) in [5.41, 5.74) is 0. The van der Waals surface area contributed by atoms with Crippen molar-refractivity contribution in [3.63, 3.8) is 0 Å². The Bertz CT molecular complexity index is 518. The molecule has 1 aromatic rings. The maximum Gasteiger partial charge on any atom is 0.250 e. The van der Waals surface area contributed by atoms with Crippen molar-refractivity contribution in [2.45, 2.75) is 35.1 Å². The average molecular weight is 321 g/mol. The molecule has 2 rings (SSSR count). The molecule has 1 atom stereocenters. The summed E-state index contributed by atoms with van der Waals surface area (Å²) >= 11 is 3.07. The second-order valence-corrected chi connectivity index (χ2v) is 9.77. The van der Waals surface area contributed by atoms with Gasteiger partial charge in [0.25, 0.3) is 0 Å². The molecule has 2 N–H and O–H groups in total. The highest BCUT2D eigenvalue weighted by Crippen LogP contribution is 2.37. The largest absolute Gasteiger partial charge is 0.396 e. The number of rotatable bonds is 6. The van der Waals surface area contributed by atoms with Gasteiger partial charge in [0.15, 0.2) is 0 Å². The number of nitrogens with one attached hydrogen (secondary N) is 1. The van der Waals surface area contributed by atoms with Gasteiger partial charge in [-0.1, -0.05) is 0 Å². The van der Waals surface area contributed by atoms with Gasteiger partial charge in [0.1, 0.15) is 4.21 Å². The molecule has 0 radical (unpaired) electrons. The molecule has 108 valence electrons. The SMILES string of the molecule is CC1(CNS(=O)(=O)c2ccc(CCO)s2)CCCS1. The lowest BCUT2D eigenvalue weighted by atomic mass is 10.1. The van der Waals surface area contributed by atoms with Crippen molar-refractivity contribution in [3.8, 4) is 0 Å². The fourth-order valence-electron chi connectivity index (χ4n) is 2.04. The Morgan fingerprint density at radius 2 is 2.26 bits per heavy atom. The summed E-state index contributed by atoms with van der Waals surface area (Å²) < 4.78 is 27.4. The van der Waals surface area contributed by atoms with E-state index in [1.807, 2.05) is 11.8 Å². The minimum atomic E-state index is -3.41. The lowest BCUT2D eigenvalue weighted by Gasteiger charge is -2.22. The van der Waals surface area contributed by atoms with Crippen LogP contribution in [0.3, 0.4) is 0 Å². The minimum Gasteiger partial charge on any atom is -0.396 e. The lowest BCUT2D eigenvalue weighted by Crippen LogP contribution is -2.36. The summed E-state index contributed by atoms with van der Waals surface area (Å²) in [5.74, 6) is 1.11. The number of hydrogen-bond donors (Lipinski definition) is 2. The van der Waals surface area contributed by atoms with Crippen LogP contribution in [0.5, 0.6) is 0 Å². The van der Waals surface area contributed by atoms with Crippen LogP contribution in [-0.4, -0.2) is 37.2 Å². The van der Waals surface area contributed by atoms with Gasteiger partial charge in [-0.2, -0.15) is 11.8 Å². The summed E-state index contributed by atoms with van der Waals surface area (Å²) in [6.07, 6.45) is 2.72. The molecule has 0 saturated carbocycles. The van der Waals surface area contributed by atoms with Crippen LogP contribution in [0.4, 0.5) is 0 Å². The first-order valence-corrected chi connectivity index (χ1v) is 9.57. The molecular formula is C12H19NO3S3. The van der Waals surface area contributed by atoms with Gasteiger partial charge in [0.05, 0.1) is 0 Å². The monoisotopic (exact) mass is 321 g/mol. The molecule has 4 nitrogen and oxygen atoms in total. The van der Waals surface area contributed by atoms with Gasteiger partial charge in [0, 0.05) is 29.2 Å². The van der Waals surface area contributed by atoms with E-state index in [0.29, 0.717) is 17.2 Å². The molecule has 0 aliphatic carbocycles. The summed E-state index contributed by atoms with van der Waals surface area (Å²) in [6, 6.07) is 3.38. The number of aliphatic hydroxyl groups is 1. The van der Waals surface area contributed by atoms with Gasteiger partial charge in [-0.25, -0.2) is 13.1 Å². The van der Waals surface area contributed by atoms with E-state index in [4.69, 9.17) is 5.11 Å². The van der Waals surface area contributed by atoms with Gasteiger partial charge >= 0.3 is 0 Å². The number of thiophene rings is 1. The molecule has 0 spiro atoms. The number of aliphatic hydroxyl groups excluding tert-OH is 1. The first-order chi connectivity index (χ1) is 8.95. The fourth-order valence-corrected chi connectivity index (χ4v) is 5.94. The Kier molecular flexibility index (Phi) is 4.94. The van der Waals surface area contributed by atoms with Crippen molar-refractivity contribution < 1.29 is 13.5 Å². The van der Waals surface area contributed by atoms with Gasteiger partial charge < -0.3 is 5.11 Å². The fraction of sp³-hybridized carbons (Fsp3) is 0.667. The molecule has 1 unspecified atom stereocenters. The molecule has 19 heavy (non-hydrogen) atoms. The lowest BCUT2D eigenvalue weighted by molar-refractivity contribution is 0.300. The third kappa shape index (κ3) is 3.95. The highest BCUT2D eigenvalue weighted by molar-refractivity contribution is 8.01. The molecule has 0 aromatic carbocycles. The number of sulfonamides is 1. The second-order valence-electron chi connectivity index (χ2n) is 4.92. The number of hydrogen-bond acceptors (Lipinski definition) is 5. The third-order valence-electron chi connectivity index (χ3n) is 3.20. The predicted molar refractivity (Wildman–Crippen MR) is 80.4 cm³/mol. The van der Waals surface area contributed by atoms with Crippen LogP contribution in [0.15, 0.2) is 16.3 Å². The third-order valence-corrected chi connectivity index (χ3v) is 7.77. The maximum absolute atomic E-state index is 12.2. The Morgan fingerprint density at radius 3 is 2.89 bits per heavy atom. The van der Waals surface area contributed by atoms with Crippen LogP contribution in [0, 0.1) is 0 Å². The van der Waals surface area contributed by atoms with E-state index in [-0.39, 0.29) is 11.4 Å². The van der Waals surface area contributed by atoms with Crippen LogP contribution in [-0.2, 0) is 16.4 Å². The minimum absolute atomic E-state index is 0.0260. The van der Waals surface area contributed by atoms with Crippen LogP contribution in [0.1, 0.15) is 24.6 Å². The maximum atomic E-state index is 12.2. The number of thioether (sulfide) groups is 1. The van der Waals surface area contributed by atoms with Crippen LogP contribution in [0.25, 0.3) is 0 Å². The first-order valence-electron chi connectivity index (χ1n) is 6.28. The zero-order valence-corrected chi connectivity index (χ0v) is 13.3. The molecule has 2 heterocycles. The summed E-state index contributed by atoms with van der Waals surface area (Å²) in [4.78, 5) is 0.893. The van der Waals surface area contributed by atoms with Crippen LogP contribution in [0.2, 0.25) is 0 Å². The van der Waals surface area contributed by atoms with Crippen molar-refractivity contribution in [2.24, 2.45) is 0 Å². The van der Waals surface area contributed by atoms with Crippen molar-refractivity contribution >= 4 is 33.1 Å².